The van der Waals surface area contributed by atoms with Crippen LogP contribution in [0.25, 0.3) is 0 Å². The zero-order valence-corrected chi connectivity index (χ0v) is 6.37. The highest BCUT2D eigenvalue weighted by molar-refractivity contribution is 4.90. The summed E-state index contributed by atoms with van der Waals surface area (Å²) in [5.74, 6) is 0. The van der Waals surface area contributed by atoms with E-state index < -0.39 is 37.3 Å². The van der Waals surface area contributed by atoms with Crippen molar-refractivity contribution in [1.82, 2.24) is 0 Å². The molecule has 12 heavy (non-hydrogen) atoms. The predicted octanol–water partition coefficient (Wildman–Crippen LogP) is -3.26. The van der Waals surface area contributed by atoms with E-state index >= 15 is 0 Å². The van der Waals surface area contributed by atoms with Crippen LogP contribution in [0.5, 0.6) is 0 Å². The SMILES string of the molecule is N[C@H]1[C@@H](O)[C@H](O)O[C@@H](CO)[C@H]1O. The molecule has 0 amide bonds. The highest BCUT2D eigenvalue weighted by Gasteiger charge is 2.41. The summed E-state index contributed by atoms with van der Waals surface area (Å²) < 4.78 is 4.66. The van der Waals surface area contributed by atoms with Crippen LogP contribution < -0.4 is 5.73 Å². The second-order valence-electron chi connectivity index (χ2n) is 2.81. The molecule has 0 aromatic carbocycles. The highest BCUT2D eigenvalue weighted by Crippen LogP contribution is 2.17. The highest BCUT2D eigenvalue weighted by atomic mass is 16.6. The first-order chi connectivity index (χ1) is 5.57. The summed E-state index contributed by atoms with van der Waals surface area (Å²) in [6, 6.07) is -0.995. The Morgan fingerprint density at radius 3 is 2.25 bits per heavy atom. The first-order valence-electron chi connectivity index (χ1n) is 3.64. The van der Waals surface area contributed by atoms with Crippen molar-refractivity contribution in [2.75, 3.05) is 6.61 Å². The third-order valence-corrected chi connectivity index (χ3v) is 1.96. The van der Waals surface area contributed by atoms with Gasteiger partial charge in [0.25, 0.3) is 0 Å². The lowest BCUT2D eigenvalue weighted by Gasteiger charge is -2.38. The molecule has 1 fully saturated rings. The smallest absolute Gasteiger partial charge is 0.183 e. The summed E-state index contributed by atoms with van der Waals surface area (Å²) in [6.45, 7) is -0.446. The van der Waals surface area contributed by atoms with E-state index in [9.17, 15) is 5.11 Å². The Bertz CT molecular complexity index is 150. The molecule has 0 unspecified atom stereocenters. The fourth-order valence-corrected chi connectivity index (χ4v) is 1.13. The summed E-state index contributed by atoms with van der Waals surface area (Å²) in [7, 11) is 0. The molecule has 5 atom stereocenters. The van der Waals surface area contributed by atoms with Crippen molar-refractivity contribution in [3.8, 4) is 0 Å². The molecule has 0 bridgehead atoms. The first-order valence-corrected chi connectivity index (χ1v) is 3.64. The molecule has 1 rings (SSSR count). The van der Waals surface area contributed by atoms with Gasteiger partial charge in [0, 0.05) is 0 Å². The Balaban J connectivity index is 2.63. The summed E-state index contributed by atoms with van der Waals surface area (Å²) in [6.07, 6.45) is -4.85. The molecule has 1 heterocycles. The van der Waals surface area contributed by atoms with E-state index in [0.29, 0.717) is 0 Å². The number of nitrogens with two attached hydrogens (primary N) is 1. The quantitative estimate of drug-likeness (QED) is 0.288. The Kier molecular flexibility index (Phi) is 2.99. The van der Waals surface area contributed by atoms with Crippen LogP contribution >= 0.6 is 0 Å². The van der Waals surface area contributed by atoms with Crippen LogP contribution in [0.4, 0.5) is 0 Å². The van der Waals surface area contributed by atoms with Gasteiger partial charge in [0.2, 0.25) is 0 Å². The minimum Gasteiger partial charge on any atom is -0.394 e. The Morgan fingerprint density at radius 1 is 1.17 bits per heavy atom. The van der Waals surface area contributed by atoms with E-state index in [0.717, 1.165) is 0 Å². The van der Waals surface area contributed by atoms with Crippen molar-refractivity contribution < 1.29 is 25.2 Å². The second kappa shape index (κ2) is 3.65. The lowest BCUT2D eigenvalue weighted by Crippen LogP contribution is -2.62. The molecule has 0 radical (unpaired) electrons. The number of aliphatic hydroxyl groups is 4. The summed E-state index contributed by atoms with van der Waals surface area (Å²) in [5.41, 5.74) is 5.33. The molecular formula is C6H13NO5. The normalized spacial score (nSPS) is 49.2. The van der Waals surface area contributed by atoms with Gasteiger partial charge in [-0.25, -0.2) is 0 Å². The molecule has 0 spiro atoms. The van der Waals surface area contributed by atoms with Crippen LogP contribution in [-0.4, -0.2) is 57.7 Å². The lowest BCUT2D eigenvalue weighted by atomic mass is 9.97. The molecule has 6 heteroatoms. The molecule has 0 aromatic heterocycles. The van der Waals surface area contributed by atoms with Crippen LogP contribution in [0.2, 0.25) is 0 Å². The maximum atomic E-state index is 9.24. The van der Waals surface area contributed by atoms with Crippen molar-refractivity contribution in [2.45, 2.75) is 30.6 Å². The maximum Gasteiger partial charge on any atom is 0.183 e. The fraction of sp³-hybridized carbons (Fsp3) is 1.00. The summed E-state index contributed by atoms with van der Waals surface area (Å²) in [4.78, 5) is 0. The molecule has 6 N–H and O–H groups in total. The van der Waals surface area contributed by atoms with Gasteiger partial charge >= 0.3 is 0 Å². The van der Waals surface area contributed by atoms with Gasteiger partial charge in [-0.15, -0.1) is 0 Å². The average molecular weight is 179 g/mol. The van der Waals surface area contributed by atoms with Gasteiger partial charge in [-0.2, -0.15) is 0 Å². The minimum atomic E-state index is -1.44. The zero-order chi connectivity index (χ0) is 9.30. The zero-order valence-electron chi connectivity index (χ0n) is 6.37. The number of hydrogen-bond donors (Lipinski definition) is 5. The number of hydrogen-bond acceptors (Lipinski definition) is 6. The maximum absolute atomic E-state index is 9.24. The molecular weight excluding hydrogens is 166 g/mol. The van der Waals surface area contributed by atoms with E-state index in [1.54, 1.807) is 0 Å². The third-order valence-electron chi connectivity index (χ3n) is 1.96. The monoisotopic (exact) mass is 179 g/mol. The van der Waals surface area contributed by atoms with E-state index in [4.69, 9.17) is 21.1 Å². The molecule has 0 saturated carbocycles. The van der Waals surface area contributed by atoms with E-state index in [2.05, 4.69) is 4.74 Å². The van der Waals surface area contributed by atoms with Gasteiger partial charge < -0.3 is 30.9 Å². The number of rotatable bonds is 1. The Morgan fingerprint density at radius 2 is 1.75 bits per heavy atom. The predicted molar refractivity (Wildman–Crippen MR) is 38.0 cm³/mol. The molecule has 72 valence electrons. The Hall–Kier alpha value is -0.240. The lowest BCUT2D eigenvalue weighted by molar-refractivity contribution is -0.258. The third kappa shape index (κ3) is 1.58. The molecule has 0 aromatic rings. The van der Waals surface area contributed by atoms with Crippen molar-refractivity contribution in [1.29, 1.82) is 0 Å². The van der Waals surface area contributed by atoms with Gasteiger partial charge in [0.05, 0.1) is 12.6 Å². The first kappa shape index (κ1) is 9.85. The van der Waals surface area contributed by atoms with Crippen LogP contribution in [0.3, 0.4) is 0 Å². The topological polar surface area (TPSA) is 116 Å². The molecule has 1 aliphatic rings. The van der Waals surface area contributed by atoms with Gasteiger partial charge in [0.1, 0.15) is 18.3 Å². The molecule has 1 saturated heterocycles. The van der Waals surface area contributed by atoms with Crippen molar-refractivity contribution in [3.63, 3.8) is 0 Å². The average Bonchev–Trinajstić information content (AvgIpc) is 2.08. The second-order valence-corrected chi connectivity index (χ2v) is 2.81. The van der Waals surface area contributed by atoms with Gasteiger partial charge in [-0.3, -0.25) is 0 Å². The van der Waals surface area contributed by atoms with Gasteiger partial charge in [0.15, 0.2) is 6.29 Å². The molecule has 0 aliphatic carbocycles. The Labute approximate surface area is 69.2 Å². The molecule has 6 nitrogen and oxygen atoms in total. The van der Waals surface area contributed by atoms with Gasteiger partial charge in [-0.05, 0) is 0 Å². The minimum absolute atomic E-state index is 0.446. The van der Waals surface area contributed by atoms with Crippen molar-refractivity contribution in [2.24, 2.45) is 5.73 Å². The van der Waals surface area contributed by atoms with Crippen molar-refractivity contribution >= 4 is 0 Å². The molecule has 1 aliphatic heterocycles. The van der Waals surface area contributed by atoms with Crippen LogP contribution in [0, 0.1) is 0 Å². The van der Waals surface area contributed by atoms with Crippen LogP contribution in [0.15, 0.2) is 0 Å². The number of ether oxygens (including phenoxy) is 1. The van der Waals surface area contributed by atoms with Gasteiger partial charge in [-0.1, -0.05) is 0 Å². The summed E-state index contributed by atoms with van der Waals surface area (Å²) >= 11 is 0. The van der Waals surface area contributed by atoms with E-state index in [1.807, 2.05) is 0 Å². The standard InChI is InChI=1S/C6H13NO5/c7-3-4(9)2(1-8)12-6(11)5(3)10/h2-6,8-11H,1,7H2/t2-,3+,4+,5+,6+/m0/s1. The van der Waals surface area contributed by atoms with E-state index in [1.165, 1.54) is 0 Å². The van der Waals surface area contributed by atoms with Crippen LogP contribution in [-0.2, 0) is 4.74 Å². The summed E-state index contributed by atoms with van der Waals surface area (Å²) in [5, 5.41) is 36.0. The van der Waals surface area contributed by atoms with Crippen LogP contribution in [0.1, 0.15) is 0 Å². The fourth-order valence-electron chi connectivity index (χ4n) is 1.13. The largest absolute Gasteiger partial charge is 0.394 e. The van der Waals surface area contributed by atoms with Crippen molar-refractivity contribution in [3.05, 3.63) is 0 Å². The number of aliphatic hydroxyl groups excluding tert-OH is 4. The van der Waals surface area contributed by atoms with E-state index in [-0.39, 0.29) is 0 Å².